The Morgan fingerprint density at radius 2 is 1.82 bits per heavy atom. The fourth-order valence-electron chi connectivity index (χ4n) is 3.72. The number of hydrogen-bond acceptors (Lipinski definition) is 5. The summed E-state index contributed by atoms with van der Waals surface area (Å²) in [6.45, 7) is 5.00. The number of carbonyl (C=O) groups excluding carboxylic acids is 1. The molecule has 0 saturated heterocycles. The van der Waals surface area contributed by atoms with E-state index in [1.807, 2.05) is 68.4 Å². The lowest BCUT2D eigenvalue weighted by Crippen LogP contribution is -2.25. The summed E-state index contributed by atoms with van der Waals surface area (Å²) in [5.74, 6) is 1.44. The Hall–Kier alpha value is -3.94. The van der Waals surface area contributed by atoms with Gasteiger partial charge in [-0.3, -0.25) is 18.6 Å². The number of benzene rings is 2. The highest BCUT2D eigenvalue weighted by atomic mass is 16.5. The quantitative estimate of drug-likeness (QED) is 0.427. The van der Waals surface area contributed by atoms with Crippen LogP contribution in [0.15, 0.2) is 71.8 Å². The largest absolute Gasteiger partial charge is 0.494 e. The van der Waals surface area contributed by atoms with Crippen molar-refractivity contribution in [2.24, 2.45) is 5.92 Å². The molecule has 4 aromatic rings. The first-order valence-electron chi connectivity index (χ1n) is 11.0. The van der Waals surface area contributed by atoms with Crippen LogP contribution in [0, 0.1) is 5.92 Å². The van der Waals surface area contributed by atoms with Gasteiger partial charge in [-0.25, -0.2) is 0 Å². The second-order valence-electron chi connectivity index (χ2n) is 7.99. The molecule has 0 aliphatic rings. The lowest BCUT2D eigenvalue weighted by molar-refractivity contribution is -0.122. The fraction of sp³-hybridized carbons (Fsp3) is 0.280. The molecule has 8 nitrogen and oxygen atoms in total. The molecule has 0 aliphatic heterocycles. The maximum Gasteiger partial charge on any atom is 0.300 e. The molecule has 0 saturated carbocycles. The molecule has 4 rings (SSSR count). The maximum absolute atomic E-state index is 13.0. The molecule has 0 spiro atoms. The van der Waals surface area contributed by atoms with Crippen LogP contribution in [0.25, 0.3) is 11.3 Å². The molecule has 8 heteroatoms. The van der Waals surface area contributed by atoms with Crippen molar-refractivity contribution in [3.05, 3.63) is 88.7 Å². The third-order valence-electron chi connectivity index (χ3n) is 5.36. The first kappa shape index (κ1) is 22.3. The van der Waals surface area contributed by atoms with Crippen molar-refractivity contribution in [1.82, 2.24) is 24.5 Å². The minimum Gasteiger partial charge on any atom is -0.494 e. The van der Waals surface area contributed by atoms with Gasteiger partial charge >= 0.3 is 5.56 Å². The topological polar surface area (TPSA) is 90.5 Å². The average Bonchev–Trinajstić information content (AvgIpc) is 3.23. The van der Waals surface area contributed by atoms with Crippen molar-refractivity contribution in [2.75, 3.05) is 6.61 Å². The second kappa shape index (κ2) is 10.1. The molecule has 1 atom stereocenters. The summed E-state index contributed by atoms with van der Waals surface area (Å²) in [5.41, 5.74) is 1.78. The fourth-order valence-corrected chi connectivity index (χ4v) is 3.72. The van der Waals surface area contributed by atoms with Gasteiger partial charge in [-0.15, -0.1) is 10.2 Å². The molecule has 2 heterocycles. The molecule has 1 N–H and O–H groups in total. The Bertz CT molecular complexity index is 1280. The zero-order valence-corrected chi connectivity index (χ0v) is 18.8. The zero-order valence-electron chi connectivity index (χ0n) is 18.8. The van der Waals surface area contributed by atoms with Crippen molar-refractivity contribution in [3.8, 4) is 11.4 Å². The van der Waals surface area contributed by atoms with Crippen LogP contribution in [0.5, 0.6) is 5.75 Å². The van der Waals surface area contributed by atoms with Crippen molar-refractivity contribution < 1.29 is 9.53 Å². The lowest BCUT2D eigenvalue weighted by atomic mass is 10.0. The number of ether oxygens (including phenoxy) is 1. The zero-order chi connectivity index (χ0) is 23.2. The minimum atomic E-state index is -0.256. The normalized spacial score (nSPS) is 11.9. The molecule has 170 valence electrons. The van der Waals surface area contributed by atoms with E-state index in [1.165, 1.54) is 4.57 Å². The number of aromatic nitrogens is 4. The molecule has 2 aromatic carbocycles. The van der Waals surface area contributed by atoms with Crippen LogP contribution < -0.4 is 15.6 Å². The summed E-state index contributed by atoms with van der Waals surface area (Å²) in [6, 6.07) is 17.1. The van der Waals surface area contributed by atoms with E-state index in [2.05, 4.69) is 15.5 Å². The summed E-state index contributed by atoms with van der Waals surface area (Å²) >= 11 is 0. The van der Waals surface area contributed by atoms with Gasteiger partial charge < -0.3 is 10.1 Å². The van der Waals surface area contributed by atoms with E-state index >= 15 is 0 Å². The van der Waals surface area contributed by atoms with E-state index < -0.39 is 0 Å². The smallest absolute Gasteiger partial charge is 0.300 e. The van der Waals surface area contributed by atoms with Crippen molar-refractivity contribution >= 4 is 11.6 Å². The van der Waals surface area contributed by atoms with Gasteiger partial charge in [-0.2, -0.15) is 0 Å². The molecule has 0 fully saturated rings. The molecule has 0 unspecified atom stereocenters. The van der Waals surface area contributed by atoms with Gasteiger partial charge in [-0.05, 0) is 42.7 Å². The van der Waals surface area contributed by atoms with Gasteiger partial charge in [0.15, 0.2) is 0 Å². The Kier molecular flexibility index (Phi) is 6.83. The molecular weight excluding hydrogens is 418 g/mol. The number of hydrogen-bond donors (Lipinski definition) is 1. The summed E-state index contributed by atoms with van der Waals surface area (Å²) in [6.07, 6.45) is 4.39. The Morgan fingerprint density at radius 3 is 2.55 bits per heavy atom. The number of amides is 1. The summed E-state index contributed by atoms with van der Waals surface area (Å²) in [5, 5.41) is 11.3. The van der Waals surface area contributed by atoms with E-state index in [9.17, 15) is 9.59 Å². The third-order valence-corrected chi connectivity index (χ3v) is 5.36. The Morgan fingerprint density at radius 1 is 1.06 bits per heavy atom. The monoisotopic (exact) mass is 445 g/mol. The molecule has 33 heavy (non-hydrogen) atoms. The molecule has 1 amide bonds. The van der Waals surface area contributed by atoms with Crippen LogP contribution in [-0.2, 0) is 17.8 Å². The van der Waals surface area contributed by atoms with Gasteiger partial charge in [0, 0.05) is 37.5 Å². The highest BCUT2D eigenvalue weighted by Gasteiger charge is 2.16. The first-order valence-corrected chi connectivity index (χ1v) is 11.0. The van der Waals surface area contributed by atoms with Crippen LogP contribution in [0.2, 0.25) is 0 Å². The minimum absolute atomic E-state index is 0.0157. The van der Waals surface area contributed by atoms with E-state index in [0.717, 1.165) is 17.0 Å². The summed E-state index contributed by atoms with van der Waals surface area (Å²) < 4.78 is 8.69. The number of carbonyl (C=O) groups is 1. The van der Waals surface area contributed by atoms with E-state index in [-0.39, 0.29) is 23.0 Å². The summed E-state index contributed by atoms with van der Waals surface area (Å²) in [7, 11) is 0. The molecule has 2 aromatic heterocycles. The highest BCUT2D eigenvalue weighted by Crippen LogP contribution is 2.15. The van der Waals surface area contributed by atoms with E-state index in [0.29, 0.717) is 31.8 Å². The molecule has 0 bridgehead atoms. The average molecular weight is 446 g/mol. The summed E-state index contributed by atoms with van der Waals surface area (Å²) in [4.78, 5) is 25.3. The standard InChI is InChI=1S/C25H27N5O3/c1-3-33-21-11-9-20(10-12-21)29-13-14-30-22(27-28-24(30)25(29)32)15-18(2)16-23(31)26-17-19-7-5-4-6-8-19/h4-14,18H,3,15-17H2,1-2H3,(H,26,31)/t18-/m0/s1. The van der Waals surface area contributed by atoms with E-state index in [1.54, 1.807) is 16.8 Å². The predicted octanol–water partition coefficient (Wildman–Crippen LogP) is 3.16. The third kappa shape index (κ3) is 5.28. The van der Waals surface area contributed by atoms with Crippen molar-refractivity contribution in [1.29, 1.82) is 0 Å². The van der Waals surface area contributed by atoms with Gasteiger partial charge in [0.05, 0.1) is 6.61 Å². The van der Waals surface area contributed by atoms with Gasteiger partial charge in [0.2, 0.25) is 11.6 Å². The highest BCUT2D eigenvalue weighted by molar-refractivity contribution is 5.76. The van der Waals surface area contributed by atoms with Gasteiger partial charge in [0.25, 0.3) is 0 Å². The molecule has 0 aliphatic carbocycles. The second-order valence-corrected chi connectivity index (χ2v) is 7.99. The van der Waals surface area contributed by atoms with Crippen LogP contribution in [-0.4, -0.2) is 31.7 Å². The van der Waals surface area contributed by atoms with Crippen LogP contribution in [0.3, 0.4) is 0 Å². The van der Waals surface area contributed by atoms with E-state index in [4.69, 9.17) is 4.74 Å². The van der Waals surface area contributed by atoms with Crippen molar-refractivity contribution in [2.45, 2.75) is 33.2 Å². The molecular formula is C25H27N5O3. The van der Waals surface area contributed by atoms with Gasteiger partial charge in [-0.1, -0.05) is 37.3 Å². The van der Waals surface area contributed by atoms with Gasteiger partial charge in [0.1, 0.15) is 11.6 Å². The van der Waals surface area contributed by atoms with Crippen LogP contribution in [0.1, 0.15) is 31.7 Å². The first-order chi connectivity index (χ1) is 16.0. The molecule has 0 radical (unpaired) electrons. The Balaban J connectivity index is 1.43. The van der Waals surface area contributed by atoms with Crippen LogP contribution in [0.4, 0.5) is 0 Å². The van der Waals surface area contributed by atoms with Crippen LogP contribution >= 0.6 is 0 Å². The maximum atomic E-state index is 13.0. The number of nitrogens with zero attached hydrogens (tertiary/aromatic N) is 4. The van der Waals surface area contributed by atoms with Crippen molar-refractivity contribution in [3.63, 3.8) is 0 Å². The lowest BCUT2D eigenvalue weighted by Gasteiger charge is -2.11. The predicted molar refractivity (Wildman–Crippen MR) is 126 cm³/mol. The number of nitrogens with one attached hydrogen (secondary N) is 1. The number of rotatable bonds is 9. The number of fused-ring (bicyclic) bond motifs is 1. The SMILES string of the molecule is CCOc1ccc(-n2ccn3c(C[C@H](C)CC(=O)NCc4ccccc4)nnc3c2=O)cc1. The Labute approximate surface area is 191 Å².